The first-order chi connectivity index (χ1) is 8.79. The molecule has 0 N–H and O–H groups in total. The lowest BCUT2D eigenvalue weighted by molar-refractivity contribution is 0.212. The predicted molar refractivity (Wildman–Crippen MR) is 76.9 cm³/mol. The van der Waals surface area contributed by atoms with Crippen molar-refractivity contribution in [1.82, 2.24) is 4.90 Å². The van der Waals surface area contributed by atoms with Gasteiger partial charge in [-0.2, -0.15) is 0 Å². The second kappa shape index (κ2) is 3.69. The average Bonchev–Trinajstić information content (AvgIpc) is 2.63. The summed E-state index contributed by atoms with van der Waals surface area (Å²) in [6.07, 6.45) is 0. The molecule has 2 heterocycles. The molecule has 0 amide bonds. The summed E-state index contributed by atoms with van der Waals surface area (Å²) in [4.78, 5) is 2.88. The molecule has 0 aliphatic carbocycles. The van der Waals surface area contributed by atoms with E-state index in [0.717, 1.165) is 0 Å². The molecule has 0 spiro atoms. The molecule has 2 aliphatic heterocycles. The molecule has 1 nitrogen and oxygen atoms in total. The Bertz CT molecular complexity index is 622. The smallest absolute Gasteiger partial charge is 0.0611 e. The van der Waals surface area contributed by atoms with Gasteiger partial charge in [0, 0.05) is 0 Å². The molecule has 90 valence electrons. The number of alkyl halides is 1. The summed E-state index contributed by atoms with van der Waals surface area (Å²) in [5.74, 6) is 0. The van der Waals surface area contributed by atoms with Crippen molar-refractivity contribution in [3.05, 3.63) is 70.8 Å². The number of fused-ring (bicyclic) bond motifs is 7. The molecule has 0 fully saturated rings. The van der Waals surface area contributed by atoms with Crippen LogP contribution in [0.5, 0.6) is 0 Å². The van der Waals surface area contributed by atoms with Crippen molar-refractivity contribution in [3.8, 4) is 0 Å². The molecular formula is C16H14BrN. The van der Waals surface area contributed by atoms with E-state index in [4.69, 9.17) is 0 Å². The van der Waals surface area contributed by atoms with Gasteiger partial charge in [-0.25, -0.2) is 0 Å². The minimum atomic E-state index is 0.388. The first-order valence-corrected chi connectivity index (χ1v) is 7.24. The number of hydrogen-bond acceptors (Lipinski definition) is 1. The fourth-order valence-corrected chi connectivity index (χ4v) is 4.64. The van der Waals surface area contributed by atoms with Gasteiger partial charge in [-0.15, -0.1) is 0 Å². The zero-order valence-corrected chi connectivity index (χ0v) is 11.8. The maximum atomic E-state index is 3.91. The van der Waals surface area contributed by atoms with Crippen molar-refractivity contribution in [3.63, 3.8) is 0 Å². The molecule has 2 heteroatoms. The van der Waals surface area contributed by atoms with Crippen molar-refractivity contribution in [1.29, 1.82) is 0 Å². The van der Waals surface area contributed by atoms with Crippen LogP contribution >= 0.6 is 15.9 Å². The SMILES string of the molecule is CN1[C@H]2c3ccccc3[C@@H](Br)[C@@H]1c1ccccc12. The number of benzene rings is 2. The van der Waals surface area contributed by atoms with Crippen LogP contribution < -0.4 is 0 Å². The van der Waals surface area contributed by atoms with Crippen LogP contribution in [0.15, 0.2) is 48.5 Å². The molecule has 0 unspecified atom stereocenters. The third-order valence-corrected chi connectivity index (χ3v) is 5.31. The number of rotatable bonds is 0. The summed E-state index contributed by atoms with van der Waals surface area (Å²) in [5.41, 5.74) is 5.84. The molecular weight excluding hydrogens is 286 g/mol. The van der Waals surface area contributed by atoms with E-state index in [0.29, 0.717) is 16.9 Å². The van der Waals surface area contributed by atoms with Crippen LogP contribution in [0, 0.1) is 0 Å². The Balaban J connectivity index is 2.04. The van der Waals surface area contributed by atoms with Crippen molar-refractivity contribution in [2.24, 2.45) is 0 Å². The summed E-state index contributed by atoms with van der Waals surface area (Å²) < 4.78 is 0. The summed E-state index contributed by atoms with van der Waals surface area (Å²) in [5, 5.41) is 0. The molecule has 2 aromatic carbocycles. The van der Waals surface area contributed by atoms with Gasteiger partial charge in [0.1, 0.15) is 0 Å². The topological polar surface area (TPSA) is 3.24 Å². The highest BCUT2D eigenvalue weighted by Gasteiger charge is 2.45. The molecule has 0 saturated carbocycles. The minimum absolute atomic E-state index is 0.388. The normalized spacial score (nSPS) is 28.9. The zero-order chi connectivity index (χ0) is 12.3. The van der Waals surface area contributed by atoms with Gasteiger partial charge in [0.2, 0.25) is 0 Å². The van der Waals surface area contributed by atoms with Crippen molar-refractivity contribution in [2.45, 2.75) is 16.9 Å². The van der Waals surface area contributed by atoms with Crippen molar-refractivity contribution in [2.75, 3.05) is 7.05 Å². The zero-order valence-electron chi connectivity index (χ0n) is 10.2. The van der Waals surface area contributed by atoms with Crippen LogP contribution in [-0.4, -0.2) is 11.9 Å². The maximum Gasteiger partial charge on any atom is 0.0611 e. The molecule has 0 aromatic heterocycles. The van der Waals surface area contributed by atoms with Gasteiger partial charge in [0.15, 0.2) is 0 Å². The van der Waals surface area contributed by atoms with Gasteiger partial charge < -0.3 is 0 Å². The second-order valence-corrected chi connectivity index (χ2v) is 6.16. The molecule has 4 rings (SSSR count). The molecule has 3 atom stereocenters. The molecule has 2 bridgehead atoms. The summed E-state index contributed by atoms with van der Waals surface area (Å²) in [7, 11) is 2.24. The fourth-order valence-electron chi connectivity index (χ4n) is 3.56. The van der Waals surface area contributed by atoms with E-state index in [1.165, 1.54) is 22.3 Å². The van der Waals surface area contributed by atoms with Gasteiger partial charge in [-0.1, -0.05) is 64.5 Å². The summed E-state index contributed by atoms with van der Waals surface area (Å²) in [6, 6.07) is 18.6. The van der Waals surface area contributed by atoms with Crippen LogP contribution in [0.4, 0.5) is 0 Å². The molecule has 18 heavy (non-hydrogen) atoms. The predicted octanol–water partition coefficient (Wildman–Crippen LogP) is 4.21. The van der Waals surface area contributed by atoms with E-state index in [-0.39, 0.29) is 0 Å². The van der Waals surface area contributed by atoms with Crippen LogP contribution in [0.1, 0.15) is 39.2 Å². The first-order valence-electron chi connectivity index (χ1n) is 6.32. The second-order valence-electron chi connectivity index (χ2n) is 5.17. The van der Waals surface area contributed by atoms with Gasteiger partial charge in [0.05, 0.1) is 16.9 Å². The first kappa shape index (κ1) is 10.8. The maximum absolute atomic E-state index is 3.91. The van der Waals surface area contributed by atoms with E-state index >= 15 is 0 Å². The van der Waals surface area contributed by atoms with Crippen LogP contribution in [0.2, 0.25) is 0 Å². The summed E-state index contributed by atoms with van der Waals surface area (Å²) >= 11 is 3.91. The lowest BCUT2D eigenvalue weighted by atomic mass is 9.92. The Labute approximate surface area is 116 Å². The highest BCUT2D eigenvalue weighted by molar-refractivity contribution is 9.09. The van der Waals surface area contributed by atoms with Gasteiger partial charge in [0.25, 0.3) is 0 Å². The Kier molecular flexibility index (Phi) is 2.21. The third-order valence-electron chi connectivity index (χ3n) is 4.32. The minimum Gasteiger partial charge on any atom is -0.287 e. The van der Waals surface area contributed by atoms with Gasteiger partial charge in [-0.05, 0) is 29.3 Å². The number of hydrogen-bond donors (Lipinski definition) is 0. The highest BCUT2D eigenvalue weighted by Crippen LogP contribution is 2.57. The average molecular weight is 300 g/mol. The summed E-state index contributed by atoms with van der Waals surface area (Å²) in [6.45, 7) is 0. The van der Waals surface area contributed by atoms with Gasteiger partial charge >= 0.3 is 0 Å². The van der Waals surface area contributed by atoms with E-state index < -0.39 is 0 Å². The Morgan fingerprint density at radius 3 is 2.00 bits per heavy atom. The third kappa shape index (κ3) is 1.20. The van der Waals surface area contributed by atoms with Crippen molar-refractivity contribution < 1.29 is 0 Å². The quantitative estimate of drug-likeness (QED) is 0.659. The van der Waals surface area contributed by atoms with Crippen molar-refractivity contribution >= 4 is 15.9 Å². The van der Waals surface area contributed by atoms with Gasteiger partial charge in [-0.3, -0.25) is 4.90 Å². The fraction of sp³-hybridized carbons (Fsp3) is 0.250. The molecule has 0 radical (unpaired) electrons. The molecule has 0 saturated heterocycles. The standard InChI is InChI=1S/C16H14BrN/c1-18-15-11-7-3-2-6-10(11)14(17)16(18)13-9-5-4-8-12(13)15/h2-9,14-16H,1H3/t14-,15+,16+/m1/s1. The largest absolute Gasteiger partial charge is 0.287 e. The lowest BCUT2D eigenvalue weighted by Crippen LogP contribution is -2.30. The highest BCUT2D eigenvalue weighted by atomic mass is 79.9. The number of halogens is 1. The van der Waals surface area contributed by atoms with E-state index in [2.05, 4.69) is 76.4 Å². The lowest BCUT2D eigenvalue weighted by Gasteiger charge is -2.37. The Hall–Kier alpha value is -1.12. The number of likely N-dealkylation sites (N-methyl/N-ethyl adjacent to an activating group) is 1. The monoisotopic (exact) mass is 299 g/mol. The number of nitrogens with zero attached hydrogens (tertiary/aromatic N) is 1. The van der Waals surface area contributed by atoms with Crippen LogP contribution in [0.3, 0.4) is 0 Å². The Morgan fingerprint density at radius 2 is 1.33 bits per heavy atom. The van der Waals surface area contributed by atoms with E-state index in [9.17, 15) is 0 Å². The molecule has 2 aromatic rings. The van der Waals surface area contributed by atoms with E-state index in [1.807, 2.05) is 0 Å². The van der Waals surface area contributed by atoms with Crippen LogP contribution in [0.25, 0.3) is 0 Å². The Morgan fingerprint density at radius 1 is 0.833 bits per heavy atom. The van der Waals surface area contributed by atoms with E-state index in [1.54, 1.807) is 0 Å². The van der Waals surface area contributed by atoms with Crippen LogP contribution in [-0.2, 0) is 0 Å². The molecule has 2 aliphatic rings.